The molecule has 0 heterocycles. The van der Waals surface area contributed by atoms with Crippen LogP contribution in [0, 0.1) is 0 Å². The number of anilines is 1. The van der Waals surface area contributed by atoms with Gasteiger partial charge in [-0.15, -0.1) is 0 Å². The third kappa shape index (κ3) is 3.37. The van der Waals surface area contributed by atoms with Crippen molar-refractivity contribution in [1.82, 2.24) is 4.90 Å². The molecular formula is C13H19ClN2O2. The lowest BCUT2D eigenvalue weighted by Gasteiger charge is -2.33. The smallest absolute Gasteiger partial charge is 0.339 e. The van der Waals surface area contributed by atoms with Crippen LogP contribution >= 0.6 is 11.6 Å². The molecule has 0 spiro atoms. The maximum Gasteiger partial charge on any atom is 0.339 e. The Morgan fingerprint density at radius 1 is 1.44 bits per heavy atom. The number of nitrogens with one attached hydrogen (secondary N) is 1. The predicted octanol–water partition coefficient (Wildman–Crippen LogP) is 2.79. The largest absolute Gasteiger partial charge is 0.478 e. The summed E-state index contributed by atoms with van der Waals surface area (Å²) in [7, 11) is 3.97. The van der Waals surface area contributed by atoms with E-state index >= 15 is 0 Å². The van der Waals surface area contributed by atoms with Gasteiger partial charge in [0.25, 0.3) is 0 Å². The number of hydrogen-bond acceptors (Lipinski definition) is 3. The van der Waals surface area contributed by atoms with Crippen LogP contribution in [0.25, 0.3) is 0 Å². The van der Waals surface area contributed by atoms with Crippen molar-refractivity contribution in [1.29, 1.82) is 0 Å². The van der Waals surface area contributed by atoms with Gasteiger partial charge in [0, 0.05) is 12.1 Å². The number of aromatic carboxylic acids is 1. The second kappa shape index (κ2) is 5.59. The molecule has 0 aliphatic heterocycles. The summed E-state index contributed by atoms with van der Waals surface area (Å²) in [6.07, 6.45) is 0. The number of likely N-dealkylation sites (N-methyl/N-ethyl adjacent to an activating group) is 1. The number of hydrogen-bond donors (Lipinski definition) is 2. The average Bonchev–Trinajstić information content (AvgIpc) is 2.25. The molecule has 0 amide bonds. The van der Waals surface area contributed by atoms with E-state index in [0.29, 0.717) is 12.2 Å². The summed E-state index contributed by atoms with van der Waals surface area (Å²) in [5, 5.41) is 12.5. The van der Waals surface area contributed by atoms with E-state index in [1.54, 1.807) is 18.2 Å². The Morgan fingerprint density at radius 2 is 2.06 bits per heavy atom. The molecule has 0 saturated heterocycles. The van der Waals surface area contributed by atoms with E-state index in [2.05, 4.69) is 24.1 Å². The number of rotatable bonds is 5. The minimum atomic E-state index is -1.02. The standard InChI is InChI=1S/C13H19ClN2O2/c1-13(2,16(3)4)8-15-10-7-5-6-9(14)11(10)12(17)18/h5-7,15H,8H2,1-4H3,(H,17,18). The van der Waals surface area contributed by atoms with Crippen molar-refractivity contribution in [2.24, 2.45) is 0 Å². The summed E-state index contributed by atoms with van der Waals surface area (Å²) in [5.74, 6) is -1.02. The van der Waals surface area contributed by atoms with Crippen molar-refractivity contribution in [3.05, 3.63) is 28.8 Å². The summed E-state index contributed by atoms with van der Waals surface area (Å²) < 4.78 is 0. The Bertz CT molecular complexity index is 445. The second-order valence-corrected chi connectivity index (χ2v) is 5.44. The van der Waals surface area contributed by atoms with Crippen molar-refractivity contribution in [2.75, 3.05) is 26.0 Å². The number of halogens is 1. The molecule has 0 unspecified atom stereocenters. The topological polar surface area (TPSA) is 52.6 Å². The molecule has 1 aromatic carbocycles. The van der Waals surface area contributed by atoms with Gasteiger partial charge >= 0.3 is 5.97 Å². The molecule has 4 nitrogen and oxygen atoms in total. The molecular weight excluding hydrogens is 252 g/mol. The summed E-state index contributed by atoms with van der Waals surface area (Å²) in [5.41, 5.74) is 0.580. The summed E-state index contributed by atoms with van der Waals surface area (Å²) >= 11 is 5.91. The van der Waals surface area contributed by atoms with Crippen molar-refractivity contribution in [2.45, 2.75) is 19.4 Å². The minimum absolute atomic E-state index is 0.0852. The van der Waals surface area contributed by atoms with Crippen LogP contribution in [-0.4, -0.2) is 42.2 Å². The fraction of sp³-hybridized carbons (Fsp3) is 0.462. The van der Waals surface area contributed by atoms with Crippen LogP contribution in [0.1, 0.15) is 24.2 Å². The molecule has 0 aliphatic rings. The summed E-state index contributed by atoms with van der Waals surface area (Å²) in [4.78, 5) is 13.2. The van der Waals surface area contributed by atoms with E-state index in [-0.39, 0.29) is 16.1 Å². The molecule has 2 N–H and O–H groups in total. The quantitative estimate of drug-likeness (QED) is 0.864. The molecule has 0 fully saturated rings. The van der Waals surface area contributed by atoms with E-state index in [1.807, 2.05) is 14.1 Å². The highest BCUT2D eigenvalue weighted by Gasteiger charge is 2.21. The highest BCUT2D eigenvalue weighted by atomic mass is 35.5. The third-order valence-electron chi connectivity index (χ3n) is 3.15. The van der Waals surface area contributed by atoms with Gasteiger partial charge in [0.1, 0.15) is 5.56 Å². The number of benzene rings is 1. The van der Waals surface area contributed by atoms with E-state index in [1.165, 1.54) is 0 Å². The zero-order valence-corrected chi connectivity index (χ0v) is 11.9. The van der Waals surface area contributed by atoms with Crippen LogP contribution in [0.4, 0.5) is 5.69 Å². The molecule has 0 radical (unpaired) electrons. The van der Waals surface area contributed by atoms with Crippen LogP contribution in [0.2, 0.25) is 5.02 Å². The highest BCUT2D eigenvalue weighted by molar-refractivity contribution is 6.34. The van der Waals surface area contributed by atoms with Crippen LogP contribution in [0.5, 0.6) is 0 Å². The Labute approximate surface area is 113 Å². The first-order valence-electron chi connectivity index (χ1n) is 5.69. The van der Waals surface area contributed by atoms with Crippen molar-refractivity contribution < 1.29 is 9.90 Å². The Balaban J connectivity index is 2.92. The second-order valence-electron chi connectivity index (χ2n) is 5.03. The van der Waals surface area contributed by atoms with Crippen LogP contribution in [0.15, 0.2) is 18.2 Å². The molecule has 18 heavy (non-hydrogen) atoms. The number of nitrogens with zero attached hydrogens (tertiary/aromatic N) is 1. The van der Waals surface area contributed by atoms with E-state index in [0.717, 1.165) is 0 Å². The summed E-state index contributed by atoms with van der Waals surface area (Å²) in [6.45, 7) is 4.77. The van der Waals surface area contributed by atoms with E-state index < -0.39 is 5.97 Å². The fourth-order valence-corrected chi connectivity index (χ4v) is 1.61. The summed E-state index contributed by atoms with van der Waals surface area (Å²) in [6, 6.07) is 5.04. The van der Waals surface area contributed by atoms with Crippen LogP contribution < -0.4 is 5.32 Å². The van der Waals surface area contributed by atoms with Gasteiger partial charge in [0.05, 0.1) is 10.7 Å². The zero-order chi connectivity index (χ0) is 13.9. The van der Waals surface area contributed by atoms with Crippen molar-refractivity contribution in [3.63, 3.8) is 0 Å². The molecule has 5 heteroatoms. The molecule has 0 aromatic heterocycles. The lowest BCUT2D eigenvalue weighted by molar-refractivity contribution is 0.0698. The normalized spacial score (nSPS) is 11.7. The average molecular weight is 271 g/mol. The Kier molecular flexibility index (Phi) is 4.59. The van der Waals surface area contributed by atoms with Crippen LogP contribution in [0.3, 0.4) is 0 Å². The SMILES string of the molecule is CN(C)C(C)(C)CNc1cccc(Cl)c1C(=O)O. The molecule has 1 aromatic rings. The van der Waals surface area contributed by atoms with Gasteiger partial charge in [-0.25, -0.2) is 4.79 Å². The Hall–Kier alpha value is -1.26. The first-order valence-corrected chi connectivity index (χ1v) is 6.06. The Morgan fingerprint density at radius 3 is 2.56 bits per heavy atom. The molecule has 0 atom stereocenters. The maximum absolute atomic E-state index is 11.2. The van der Waals surface area contributed by atoms with Crippen LogP contribution in [-0.2, 0) is 0 Å². The fourth-order valence-electron chi connectivity index (χ4n) is 1.36. The highest BCUT2D eigenvalue weighted by Crippen LogP contribution is 2.25. The molecule has 0 bridgehead atoms. The minimum Gasteiger partial charge on any atom is -0.478 e. The molecule has 0 aliphatic carbocycles. The third-order valence-corrected chi connectivity index (χ3v) is 3.46. The monoisotopic (exact) mass is 270 g/mol. The van der Waals surface area contributed by atoms with Crippen molar-refractivity contribution in [3.8, 4) is 0 Å². The first-order chi connectivity index (χ1) is 8.25. The predicted molar refractivity (Wildman–Crippen MR) is 74.7 cm³/mol. The number of carbonyl (C=O) groups is 1. The molecule has 1 rings (SSSR count). The van der Waals surface area contributed by atoms with Gasteiger partial charge in [-0.05, 0) is 40.1 Å². The molecule has 0 saturated carbocycles. The van der Waals surface area contributed by atoms with Gasteiger partial charge in [-0.1, -0.05) is 17.7 Å². The van der Waals surface area contributed by atoms with E-state index in [9.17, 15) is 4.79 Å². The first kappa shape index (κ1) is 14.8. The zero-order valence-electron chi connectivity index (χ0n) is 11.1. The molecule has 100 valence electrons. The lowest BCUT2D eigenvalue weighted by atomic mass is 10.0. The number of carboxylic acid groups (broad SMARTS) is 1. The number of carboxylic acids is 1. The van der Waals surface area contributed by atoms with Gasteiger partial charge in [-0.3, -0.25) is 0 Å². The van der Waals surface area contributed by atoms with E-state index in [4.69, 9.17) is 16.7 Å². The van der Waals surface area contributed by atoms with Gasteiger partial charge in [0.15, 0.2) is 0 Å². The van der Waals surface area contributed by atoms with Crippen molar-refractivity contribution >= 4 is 23.3 Å². The van der Waals surface area contributed by atoms with Gasteiger partial charge in [-0.2, -0.15) is 0 Å². The lowest BCUT2D eigenvalue weighted by Crippen LogP contribution is -2.44. The van der Waals surface area contributed by atoms with Gasteiger partial charge in [0.2, 0.25) is 0 Å². The van der Waals surface area contributed by atoms with Gasteiger partial charge < -0.3 is 15.3 Å². The maximum atomic E-state index is 11.2.